The summed E-state index contributed by atoms with van der Waals surface area (Å²) >= 11 is 0. The van der Waals surface area contributed by atoms with Crippen molar-refractivity contribution in [1.29, 1.82) is 0 Å². The van der Waals surface area contributed by atoms with Crippen molar-refractivity contribution >= 4 is 11.5 Å². The molecule has 0 spiro atoms. The van der Waals surface area contributed by atoms with Crippen LogP contribution < -0.4 is 5.32 Å². The third-order valence-electron chi connectivity index (χ3n) is 3.11. The van der Waals surface area contributed by atoms with E-state index in [4.69, 9.17) is 0 Å². The van der Waals surface area contributed by atoms with Crippen molar-refractivity contribution in [2.45, 2.75) is 20.3 Å². The minimum absolute atomic E-state index is 0.314. The van der Waals surface area contributed by atoms with Gasteiger partial charge in [0.2, 0.25) is 5.82 Å². The van der Waals surface area contributed by atoms with Crippen LogP contribution in [0.4, 0.5) is 14.6 Å². The minimum Gasteiger partial charge on any atom is -0.367 e. The van der Waals surface area contributed by atoms with E-state index in [1.165, 1.54) is 0 Å². The van der Waals surface area contributed by atoms with Gasteiger partial charge in [0.25, 0.3) is 6.43 Å². The number of rotatable bonds is 7. The molecule has 0 amide bonds. The van der Waals surface area contributed by atoms with Gasteiger partial charge in [-0.05, 0) is 25.2 Å². The van der Waals surface area contributed by atoms with E-state index in [1.54, 1.807) is 12.1 Å². The zero-order chi connectivity index (χ0) is 14.5. The van der Waals surface area contributed by atoms with E-state index in [0.717, 1.165) is 24.1 Å². The van der Waals surface area contributed by atoms with Gasteiger partial charge in [0.05, 0.1) is 0 Å². The molecule has 0 aliphatic carbocycles. The van der Waals surface area contributed by atoms with Crippen LogP contribution >= 0.6 is 0 Å². The van der Waals surface area contributed by atoms with Gasteiger partial charge in [-0.3, -0.25) is 0 Å². The van der Waals surface area contributed by atoms with Crippen molar-refractivity contribution in [1.82, 2.24) is 24.7 Å². The molecule has 0 aliphatic heterocycles. The topological polar surface area (TPSA) is 58.3 Å². The number of halogens is 2. The van der Waals surface area contributed by atoms with Gasteiger partial charge in [0, 0.05) is 13.1 Å². The van der Waals surface area contributed by atoms with E-state index in [1.807, 2.05) is 0 Å². The Bertz CT molecular complexity index is 552. The van der Waals surface area contributed by atoms with Crippen molar-refractivity contribution in [3.63, 3.8) is 0 Å². The minimum atomic E-state index is -2.69. The molecule has 2 rings (SSSR count). The molecule has 0 saturated carbocycles. The molecule has 8 heteroatoms. The molecule has 0 unspecified atom stereocenters. The normalized spacial score (nSPS) is 11.7. The number of likely N-dealkylation sites (N-methyl/N-ethyl adjacent to an activating group) is 1. The number of nitrogens with zero attached hydrogens (tertiary/aromatic N) is 5. The first kappa shape index (κ1) is 14.6. The first-order valence-corrected chi connectivity index (χ1v) is 6.62. The molecule has 0 bridgehead atoms. The number of nitrogens with one attached hydrogen (secondary N) is 1. The van der Waals surface area contributed by atoms with Crippen molar-refractivity contribution in [2.24, 2.45) is 0 Å². The highest BCUT2D eigenvalue weighted by Crippen LogP contribution is 2.17. The lowest BCUT2D eigenvalue weighted by Gasteiger charge is -2.18. The Morgan fingerprint density at radius 3 is 2.65 bits per heavy atom. The lowest BCUT2D eigenvalue weighted by molar-refractivity contribution is 0.137. The maximum absolute atomic E-state index is 12.7. The van der Waals surface area contributed by atoms with Gasteiger partial charge in [-0.1, -0.05) is 13.8 Å². The lowest BCUT2D eigenvalue weighted by atomic mass is 10.4. The number of aromatic nitrogens is 4. The molecular weight excluding hydrogens is 266 g/mol. The molecule has 0 atom stereocenters. The highest BCUT2D eigenvalue weighted by molar-refractivity contribution is 5.44. The standard InChI is InChI=1S/C12H18F2N6/c1-3-19(4-2)8-7-15-9-5-6-10-16-17-12(11(13)14)20(10)18-9/h5-6,11H,3-4,7-8H2,1-2H3,(H,15,18). The molecule has 0 saturated heterocycles. The number of anilines is 1. The molecule has 2 heterocycles. The van der Waals surface area contributed by atoms with E-state index in [0.29, 0.717) is 18.0 Å². The molecular formula is C12H18F2N6. The zero-order valence-corrected chi connectivity index (χ0v) is 11.6. The van der Waals surface area contributed by atoms with Gasteiger partial charge in [-0.2, -0.15) is 4.52 Å². The van der Waals surface area contributed by atoms with Gasteiger partial charge in [-0.15, -0.1) is 15.3 Å². The van der Waals surface area contributed by atoms with E-state index in [-0.39, 0.29) is 0 Å². The summed E-state index contributed by atoms with van der Waals surface area (Å²) in [5.41, 5.74) is 0.314. The van der Waals surface area contributed by atoms with Crippen LogP contribution in [0.15, 0.2) is 12.1 Å². The summed E-state index contributed by atoms with van der Waals surface area (Å²) in [4.78, 5) is 2.26. The van der Waals surface area contributed by atoms with Crippen LogP contribution in [0.2, 0.25) is 0 Å². The second-order valence-electron chi connectivity index (χ2n) is 4.30. The maximum atomic E-state index is 12.7. The average molecular weight is 284 g/mol. The summed E-state index contributed by atoms with van der Waals surface area (Å²) in [5, 5.41) is 14.3. The van der Waals surface area contributed by atoms with Gasteiger partial charge in [0.15, 0.2) is 5.65 Å². The van der Waals surface area contributed by atoms with E-state index < -0.39 is 12.2 Å². The summed E-state index contributed by atoms with van der Waals surface area (Å²) in [6.45, 7) is 7.72. The second-order valence-corrected chi connectivity index (χ2v) is 4.30. The predicted molar refractivity (Wildman–Crippen MR) is 72.0 cm³/mol. The first-order valence-electron chi connectivity index (χ1n) is 6.62. The van der Waals surface area contributed by atoms with Gasteiger partial charge in [0.1, 0.15) is 5.82 Å². The van der Waals surface area contributed by atoms with Crippen LogP contribution in [0.3, 0.4) is 0 Å². The number of hydrogen-bond donors (Lipinski definition) is 1. The fraction of sp³-hybridized carbons (Fsp3) is 0.583. The van der Waals surface area contributed by atoms with E-state index >= 15 is 0 Å². The molecule has 0 fully saturated rings. The maximum Gasteiger partial charge on any atom is 0.299 e. The highest BCUT2D eigenvalue weighted by Gasteiger charge is 2.16. The van der Waals surface area contributed by atoms with Gasteiger partial charge < -0.3 is 10.2 Å². The molecule has 2 aromatic heterocycles. The quantitative estimate of drug-likeness (QED) is 0.840. The van der Waals surface area contributed by atoms with Crippen molar-refractivity contribution in [3.05, 3.63) is 18.0 Å². The summed E-state index contributed by atoms with van der Waals surface area (Å²) in [6, 6.07) is 3.33. The van der Waals surface area contributed by atoms with Crippen LogP contribution in [0, 0.1) is 0 Å². The largest absolute Gasteiger partial charge is 0.367 e. The Hall–Kier alpha value is -1.83. The first-order chi connectivity index (χ1) is 9.65. The third kappa shape index (κ3) is 3.19. The molecule has 6 nitrogen and oxygen atoms in total. The molecule has 0 aromatic carbocycles. The Balaban J connectivity index is 2.05. The Kier molecular flexibility index (Phi) is 4.78. The highest BCUT2D eigenvalue weighted by atomic mass is 19.3. The average Bonchev–Trinajstić information content (AvgIpc) is 2.87. The molecule has 2 aromatic rings. The van der Waals surface area contributed by atoms with Crippen molar-refractivity contribution < 1.29 is 8.78 Å². The van der Waals surface area contributed by atoms with E-state index in [9.17, 15) is 8.78 Å². The third-order valence-corrected chi connectivity index (χ3v) is 3.11. The second kappa shape index (κ2) is 6.56. The SMILES string of the molecule is CCN(CC)CCNc1ccc2nnc(C(F)F)n2n1. The fourth-order valence-corrected chi connectivity index (χ4v) is 1.92. The lowest BCUT2D eigenvalue weighted by Crippen LogP contribution is -2.28. The molecule has 1 N–H and O–H groups in total. The number of alkyl halides is 2. The Labute approximate surface area is 115 Å². The molecule has 110 valence electrons. The van der Waals surface area contributed by atoms with Crippen molar-refractivity contribution in [3.8, 4) is 0 Å². The molecule has 20 heavy (non-hydrogen) atoms. The number of hydrogen-bond acceptors (Lipinski definition) is 5. The van der Waals surface area contributed by atoms with Gasteiger partial charge in [-0.25, -0.2) is 8.78 Å². The van der Waals surface area contributed by atoms with Crippen LogP contribution in [0.1, 0.15) is 26.1 Å². The van der Waals surface area contributed by atoms with Crippen molar-refractivity contribution in [2.75, 3.05) is 31.5 Å². The zero-order valence-electron chi connectivity index (χ0n) is 11.6. The monoisotopic (exact) mass is 284 g/mol. The fourth-order valence-electron chi connectivity index (χ4n) is 1.92. The summed E-state index contributed by atoms with van der Waals surface area (Å²) in [7, 11) is 0. The Morgan fingerprint density at radius 2 is 2.00 bits per heavy atom. The van der Waals surface area contributed by atoms with Crippen LogP contribution in [0.25, 0.3) is 5.65 Å². The summed E-state index contributed by atoms with van der Waals surface area (Å²) < 4.78 is 26.5. The van der Waals surface area contributed by atoms with Gasteiger partial charge >= 0.3 is 0 Å². The molecule has 0 radical (unpaired) electrons. The molecule has 0 aliphatic rings. The smallest absolute Gasteiger partial charge is 0.299 e. The van der Waals surface area contributed by atoms with Crippen LogP contribution in [-0.4, -0.2) is 50.9 Å². The van der Waals surface area contributed by atoms with E-state index in [2.05, 4.69) is 39.4 Å². The van der Waals surface area contributed by atoms with Crippen LogP contribution in [-0.2, 0) is 0 Å². The summed E-state index contributed by atoms with van der Waals surface area (Å²) in [6.07, 6.45) is -2.69. The van der Waals surface area contributed by atoms with Crippen LogP contribution in [0.5, 0.6) is 0 Å². The number of fused-ring (bicyclic) bond motifs is 1. The predicted octanol–water partition coefficient (Wildman–Crippen LogP) is 1.82. The Morgan fingerprint density at radius 1 is 1.25 bits per heavy atom. The summed E-state index contributed by atoms with van der Waals surface area (Å²) in [5.74, 6) is 0.0961.